The van der Waals surface area contributed by atoms with Crippen LogP contribution in [0.4, 0.5) is 0 Å². The van der Waals surface area contributed by atoms with Gasteiger partial charge in [0.2, 0.25) is 0 Å². The molecule has 0 aliphatic carbocycles. The van der Waals surface area contributed by atoms with Crippen molar-refractivity contribution in [1.82, 2.24) is 0 Å². The van der Waals surface area contributed by atoms with Gasteiger partial charge in [-0.15, -0.1) is 11.3 Å². The van der Waals surface area contributed by atoms with Crippen molar-refractivity contribution in [1.29, 1.82) is 0 Å². The summed E-state index contributed by atoms with van der Waals surface area (Å²) < 4.78 is 1.25. The second kappa shape index (κ2) is 4.03. The maximum Gasteiger partial charge on any atom is 0.303 e. The smallest absolute Gasteiger partial charge is 0.303 e. The summed E-state index contributed by atoms with van der Waals surface area (Å²) >= 11 is 1.75. The number of carboxylic acid groups (broad SMARTS) is 1. The van der Waals surface area contributed by atoms with Crippen LogP contribution in [0.2, 0.25) is 0 Å². The number of carbonyl (C=O) groups is 1. The van der Waals surface area contributed by atoms with Gasteiger partial charge in [-0.25, -0.2) is 0 Å². The summed E-state index contributed by atoms with van der Waals surface area (Å²) in [5.41, 5.74) is 1.14. The molecule has 2 aromatic rings. The monoisotopic (exact) mass is 220 g/mol. The van der Waals surface area contributed by atoms with Crippen LogP contribution < -0.4 is 0 Å². The molecule has 1 aromatic carbocycles. The largest absolute Gasteiger partial charge is 0.481 e. The molecule has 3 heteroatoms. The Morgan fingerprint density at radius 2 is 2.27 bits per heavy atom. The van der Waals surface area contributed by atoms with Gasteiger partial charge in [-0.05, 0) is 36.4 Å². The van der Waals surface area contributed by atoms with Crippen molar-refractivity contribution >= 4 is 27.4 Å². The van der Waals surface area contributed by atoms with Gasteiger partial charge in [-0.3, -0.25) is 4.79 Å². The Kier molecular flexibility index (Phi) is 2.73. The van der Waals surface area contributed by atoms with Crippen LogP contribution in [0.1, 0.15) is 16.9 Å². The van der Waals surface area contributed by atoms with Gasteiger partial charge in [0.25, 0.3) is 0 Å². The molecule has 0 unspecified atom stereocenters. The summed E-state index contributed by atoms with van der Waals surface area (Å²) in [6, 6.07) is 8.22. The van der Waals surface area contributed by atoms with Crippen molar-refractivity contribution < 1.29 is 9.90 Å². The van der Waals surface area contributed by atoms with Crippen molar-refractivity contribution in [2.75, 3.05) is 0 Å². The van der Waals surface area contributed by atoms with E-state index in [1.165, 1.54) is 15.0 Å². The van der Waals surface area contributed by atoms with Gasteiger partial charge in [0.05, 0.1) is 0 Å². The Balaban J connectivity index is 2.37. The summed E-state index contributed by atoms with van der Waals surface area (Å²) in [5.74, 6) is -0.737. The van der Waals surface area contributed by atoms with Crippen molar-refractivity contribution in [3.8, 4) is 0 Å². The van der Waals surface area contributed by atoms with Gasteiger partial charge in [0.1, 0.15) is 0 Å². The lowest BCUT2D eigenvalue weighted by molar-refractivity contribution is -0.136. The fourth-order valence-corrected chi connectivity index (χ4v) is 2.68. The number of rotatable bonds is 3. The molecule has 0 fully saturated rings. The van der Waals surface area contributed by atoms with Crippen molar-refractivity contribution in [2.45, 2.75) is 19.8 Å². The molecule has 0 radical (unpaired) electrons. The topological polar surface area (TPSA) is 37.3 Å². The second-order valence-electron chi connectivity index (χ2n) is 3.58. The first-order valence-corrected chi connectivity index (χ1v) is 5.68. The normalized spacial score (nSPS) is 10.7. The molecule has 0 saturated heterocycles. The van der Waals surface area contributed by atoms with E-state index in [0.717, 1.165) is 5.56 Å². The maximum absolute atomic E-state index is 10.5. The molecular formula is C12H12O2S. The molecule has 0 atom stereocenters. The minimum atomic E-state index is -0.737. The van der Waals surface area contributed by atoms with E-state index in [1.807, 2.05) is 12.1 Å². The van der Waals surface area contributed by atoms with Crippen LogP contribution in [0.3, 0.4) is 0 Å². The van der Waals surface area contributed by atoms with E-state index in [0.29, 0.717) is 6.42 Å². The molecule has 0 bridgehead atoms. The van der Waals surface area contributed by atoms with Gasteiger partial charge < -0.3 is 5.11 Å². The minimum absolute atomic E-state index is 0.202. The lowest BCUT2D eigenvalue weighted by Crippen LogP contribution is -1.97. The first-order chi connectivity index (χ1) is 7.16. The van der Waals surface area contributed by atoms with Gasteiger partial charge in [-0.1, -0.05) is 12.1 Å². The standard InChI is InChI=1S/C12H12O2S/c1-8-7-10-9(5-6-12(13)14)3-2-4-11(10)15-8/h2-4,7H,5-6H2,1H3,(H,13,14). The highest BCUT2D eigenvalue weighted by atomic mass is 32.1. The molecule has 0 spiro atoms. The number of aliphatic carboxylic acids is 1. The van der Waals surface area contributed by atoms with E-state index in [9.17, 15) is 4.79 Å². The average molecular weight is 220 g/mol. The zero-order valence-corrected chi connectivity index (χ0v) is 9.30. The predicted octanol–water partition coefficient (Wildman–Crippen LogP) is 3.23. The number of thiophene rings is 1. The molecule has 2 rings (SSSR count). The molecule has 0 aliphatic heterocycles. The molecule has 1 aromatic heterocycles. The highest BCUT2D eigenvalue weighted by Gasteiger charge is 2.05. The molecule has 15 heavy (non-hydrogen) atoms. The number of aryl methyl sites for hydroxylation is 2. The third kappa shape index (κ3) is 2.18. The molecule has 1 heterocycles. The number of fused-ring (bicyclic) bond motifs is 1. The Morgan fingerprint density at radius 1 is 1.47 bits per heavy atom. The zero-order chi connectivity index (χ0) is 10.8. The van der Waals surface area contributed by atoms with E-state index in [-0.39, 0.29) is 6.42 Å². The fourth-order valence-electron chi connectivity index (χ4n) is 1.71. The summed E-state index contributed by atoms with van der Waals surface area (Å²) in [4.78, 5) is 11.8. The summed E-state index contributed by atoms with van der Waals surface area (Å²) in [7, 11) is 0. The van der Waals surface area contributed by atoms with Gasteiger partial charge >= 0.3 is 5.97 Å². The van der Waals surface area contributed by atoms with E-state index in [4.69, 9.17) is 5.11 Å². The van der Waals surface area contributed by atoms with Crippen LogP contribution in [0.5, 0.6) is 0 Å². The third-order valence-electron chi connectivity index (χ3n) is 2.38. The Bertz CT molecular complexity index is 499. The van der Waals surface area contributed by atoms with E-state index in [1.54, 1.807) is 11.3 Å². The molecule has 0 saturated carbocycles. The molecule has 0 amide bonds. The number of carboxylic acids is 1. The quantitative estimate of drug-likeness (QED) is 0.862. The van der Waals surface area contributed by atoms with E-state index < -0.39 is 5.97 Å². The first-order valence-electron chi connectivity index (χ1n) is 4.86. The highest BCUT2D eigenvalue weighted by Crippen LogP contribution is 2.28. The van der Waals surface area contributed by atoms with Crippen LogP contribution >= 0.6 is 11.3 Å². The zero-order valence-electron chi connectivity index (χ0n) is 8.49. The Labute approximate surface area is 92.2 Å². The Hall–Kier alpha value is -1.35. The van der Waals surface area contributed by atoms with E-state index in [2.05, 4.69) is 19.1 Å². The minimum Gasteiger partial charge on any atom is -0.481 e. The fraction of sp³-hybridized carbons (Fsp3) is 0.250. The first kappa shape index (κ1) is 10.2. The third-order valence-corrected chi connectivity index (χ3v) is 3.40. The van der Waals surface area contributed by atoms with Crippen molar-refractivity contribution in [3.05, 3.63) is 34.7 Å². The van der Waals surface area contributed by atoms with Gasteiger partial charge in [0, 0.05) is 16.0 Å². The number of hydrogen-bond donors (Lipinski definition) is 1. The molecule has 78 valence electrons. The number of benzene rings is 1. The van der Waals surface area contributed by atoms with Crippen LogP contribution in [-0.4, -0.2) is 11.1 Å². The van der Waals surface area contributed by atoms with E-state index >= 15 is 0 Å². The second-order valence-corrected chi connectivity index (χ2v) is 4.87. The lowest BCUT2D eigenvalue weighted by atomic mass is 10.1. The van der Waals surface area contributed by atoms with Crippen LogP contribution in [-0.2, 0) is 11.2 Å². The van der Waals surface area contributed by atoms with Gasteiger partial charge in [0.15, 0.2) is 0 Å². The van der Waals surface area contributed by atoms with Crippen molar-refractivity contribution in [3.63, 3.8) is 0 Å². The predicted molar refractivity (Wildman–Crippen MR) is 62.5 cm³/mol. The summed E-state index contributed by atoms with van der Waals surface area (Å²) in [6.07, 6.45) is 0.816. The average Bonchev–Trinajstić information content (AvgIpc) is 2.55. The molecule has 1 N–H and O–H groups in total. The molecule has 0 aliphatic rings. The Morgan fingerprint density at radius 3 is 3.00 bits per heavy atom. The SMILES string of the molecule is Cc1cc2c(CCC(=O)O)cccc2s1. The van der Waals surface area contributed by atoms with Crippen LogP contribution in [0.15, 0.2) is 24.3 Å². The number of hydrogen-bond acceptors (Lipinski definition) is 2. The highest BCUT2D eigenvalue weighted by molar-refractivity contribution is 7.19. The molecule has 2 nitrogen and oxygen atoms in total. The maximum atomic E-state index is 10.5. The summed E-state index contributed by atoms with van der Waals surface area (Å²) in [6.45, 7) is 2.08. The van der Waals surface area contributed by atoms with Gasteiger partial charge in [-0.2, -0.15) is 0 Å². The molecular weight excluding hydrogens is 208 g/mol. The summed E-state index contributed by atoms with van der Waals surface area (Å²) in [5, 5.41) is 9.86. The van der Waals surface area contributed by atoms with Crippen LogP contribution in [0.25, 0.3) is 10.1 Å². The van der Waals surface area contributed by atoms with Crippen molar-refractivity contribution in [2.24, 2.45) is 0 Å². The van der Waals surface area contributed by atoms with Crippen LogP contribution in [0, 0.1) is 6.92 Å². The lowest BCUT2D eigenvalue weighted by Gasteiger charge is -2.00.